The zero-order chi connectivity index (χ0) is 15.4. The highest BCUT2D eigenvalue weighted by atomic mass is 16.1. The highest BCUT2D eigenvalue weighted by Gasteiger charge is 2.09. The number of hydrogen-bond acceptors (Lipinski definition) is 1. The molecule has 2 heteroatoms. The molecule has 0 radical (unpaired) electrons. The van der Waals surface area contributed by atoms with Gasteiger partial charge in [0.05, 0.1) is 0 Å². The molecule has 110 valence electrons. The summed E-state index contributed by atoms with van der Waals surface area (Å²) in [5, 5.41) is 5.26. The van der Waals surface area contributed by atoms with Crippen molar-refractivity contribution in [2.24, 2.45) is 0 Å². The number of benzene rings is 3. The molecule has 3 aromatic rings. The average molecular weight is 289 g/mol. The van der Waals surface area contributed by atoms with E-state index in [4.69, 9.17) is 0 Å². The van der Waals surface area contributed by atoms with Gasteiger partial charge >= 0.3 is 0 Å². The lowest BCUT2D eigenvalue weighted by Gasteiger charge is -2.13. The summed E-state index contributed by atoms with van der Waals surface area (Å²) >= 11 is 0. The van der Waals surface area contributed by atoms with E-state index in [0.29, 0.717) is 18.0 Å². The maximum atomic E-state index is 12.3. The van der Waals surface area contributed by atoms with E-state index in [9.17, 15) is 4.79 Å². The second-order valence-electron chi connectivity index (χ2n) is 5.58. The fraction of sp³-hybridized carbons (Fsp3) is 0.150. The maximum absolute atomic E-state index is 12.3. The van der Waals surface area contributed by atoms with Crippen molar-refractivity contribution in [3.63, 3.8) is 0 Å². The lowest BCUT2D eigenvalue weighted by atomic mass is 10.0. The van der Waals surface area contributed by atoms with E-state index < -0.39 is 0 Å². The topological polar surface area (TPSA) is 29.1 Å². The molecular formula is C20H19NO. The summed E-state index contributed by atoms with van der Waals surface area (Å²) < 4.78 is 0. The highest BCUT2D eigenvalue weighted by Crippen LogP contribution is 2.16. The van der Waals surface area contributed by atoms with E-state index in [0.717, 1.165) is 10.8 Å². The van der Waals surface area contributed by atoms with Crippen molar-refractivity contribution < 1.29 is 4.79 Å². The van der Waals surface area contributed by atoms with Crippen molar-refractivity contribution in [3.05, 3.63) is 83.9 Å². The number of rotatable bonds is 4. The number of nitrogens with one attached hydrogen (secondary N) is 1. The Bertz CT molecular complexity index is 780. The molecule has 1 unspecified atom stereocenters. The minimum absolute atomic E-state index is 0.0199. The van der Waals surface area contributed by atoms with Gasteiger partial charge in [0.2, 0.25) is 0 Å². The van der Waals surface area contributed by atoms with Crippen LogP contribution in [0.2, 0.25) is 0 Å². The van der Waals surface area contributed by atoms with Gasteiger partial charge in [-0.1, -0.05) is 67.6 Å². The summed E-state index contributed by atoms with van der Waals surface area (Å²) in [6, 6.07) is 24.1. The Morgan fingerprint density at radius 2 is 1.59 bits per heavy atom. The van der Waals surface area contributed by atoms with Crippen molar-refractivity contribution in [3.8, 4) is 0 Å². The molecule has 3 rings (SSSR count). The molecule has 0 aromatic heterocycles. The normalized spacial score (nSPS) is 12.0. The fourth-order valence-corrected chi connectivity index (χ4v) is 2.58. The molecule has 1 amide bonds. The Morgan fingerprint density at radius 1 is 0.909 bits per heavy atom. The van der Waals surface area contributed by atoms with E-state index in [1.165, 1.54) is 5.56 Å². The van der Waals surface area contributed by atoms with Crippen LogP contribution in [0.15, 0.2) is 72.8 Å². The fourth-order valence-electron chi connectivity index (χ4n) is 2.58. The van der Waals surface area contributed by atoms with E-state index in [1.54, 1.807) is 0 Å². The molecule has 3 aromatic carbocycles. The minimum atomic E-state index is -0.0199. The SMILES string of the molecule is CC(CNC(=O)c1ccc2ccccc2c1)c1ccccc1. The Hall–Kier alpha value is -2.61. The first kappa shape index (κ1) is 14.3. The Balaban J connectivity index is 1.68. The lowest BCUT2D eigenvalue weighted by molar-refractivity contribution is 0.0952. The van der Waals surface area contributed by atoms with Crippen LogP contribution in [0.25, 0.3) is 10.8 Å². The predicted octanol–water partition coefficient (Wildman–Crippen LogP) is 4.37. The number of carbonyl (C=O) groups excluding carboxylic acids is 1. The Labute approximate surface area is 130 Å². The van der Waals surface area contributed by atoms with Crippen LogP contribution in [0.4, 0.5) is 0 Å². The molecule has 0 aliphatic rings. The first-order valence-electron chi connectivity index (χ1n) is 7.56. The second kappa shape index (κ2) is 6.44. The van der Waals surface area contributed by atoms with Gasteiger partial charge in [0, 0.05) is 12.1 Å². The van der Waals surface area contributed by atoms with E-state index in [1.807, 2.05) is 54.6 Å². The standard InChI is InChI=1S/C20H19NO/c1-15(16-7-3-2-4-8-16)14-21-20(22)19-12-11-17-9-5-6-10-18(17)13-19/h2-13,15H,14H2,1H3,(H,21,22). The van der Waals surface area contributed by atoms with Crippen LogP contribution in [-0.4, -0.2) is 12.5 Å². The van der Waals surface area contributed by atoms with E-state index in [-0.39, 0.29) is 5.91 Å². The summed E-state index contributed by atoms with van der Waals surface area (Å²) in [4.78, 5) is 12.3. The number of amides is 1. The third-order valence-corrected chi connectivity index (χ3v) is 3.95. The maximum Gasteiger partial charge on any atom is 0.251 e. The Kier molecular flexibility index (Phi) is 4.19. The summed E-state index contributed by atoms with van der Waals surface area (Å²) in [5.74, 6) is 0.277. The summed E-state index contributed by atoms with van der Waals surface area (Å²) in [6.45, 7) is 2.76. The second-order valence-corrected chi connectivity index (χ2v) is 5.58. The van der Waals surface area contributed by atoms with Gasteiger partial charge in [-0.05, 0) is 34.4 Å². The Morgan fingerprint density at radius 3 is 2.36 bits per heavy atom. The van der Waals surface area contributed by atoms with Crippen LogP contribution >= 0.6 is 0 Å². The van der Waals surface area contributed by atoms with Crippen LogP contribution in [-0.2, 0) is 0 Å². The van der Waals surface area contributed by atoms with Crippen LogP contribution in [0.5, 0.6) is 0 Å². The molecule has 0 saturated heterocycles. The molecule has 0 spiro atoms. The molecule has 1 atom stereocenters. The first-order chi connectivity index (χ1) is 10.7. The third-order valence-electron chi connectivity index (χ3n) is 3.95. The van der Waals surface area contributed by atoms with Gasteiger partial charge in [-0.15, -0.1) is 0 Å². The highest BCUT2D eigenvalue weighted by molar-refractivity contribution is 5.98. The molecular weight excluding hydrogens is 270 g/mol. The van der Waals surface area contributed by atoms with Gasteiger partial charge in [-0.2, -0.15) is 0 Å². The summed E-state index contributed by atoms with van der Waals surface area (Å²) in [5.41, 5.74) is 1.94. The largest absolute Gasteiger partial charge is 0.351 e. The molecule has 2 nitrogen and oxygen atoms in total. The van der Waals surface area contributed by atoms with Crippen LogP contribution < -0.4 is 5.32 Å². The van der Waals surface area contributed by atoms with Crippen molar-refractivity contribution in [2.45, 2.75) is 12.8 Å². The molecule has 0 saturated carbocycles. The van der Waals surface area contributed by atoms with E-state index in [2.05, 4.69) is 30.4 Å². The molecule has 1 N–H and O–H groups in total. The summed E-state index contributed by atoms with van der Waals surface area (Å²) in [7, 11) is 0. The van der Waals surface area contributed by atoms with Gasteiger partial charge in [-0.25, -0.2) is 0 Å². The van der Waals surface area contributed by atoms with Crippen LogP contribution in [0.3, 0.4) is 0 Å². The number of hydrogen-bond donors (Lipinski definition) is 1. The predicted molar refractivity (Wildman–Crippen MR) is 91.1 cm³/mol. The van der Waals surface area contributed by atoms with Crippen molar-refractivity contribution in [2.75, 3.05) is 6.54 Å². The third kappa shape index (κ3) is 3.17. The number of fused-ring (bicyclic) bond motifs is 1. The molecule has 0 bridgehead atoms. The van der Waals surface area contributed by atoms with Crippen LogP contribution in [0, 0.1) is 0 Å². The average Bonchev–Trinajstić information content (AvgIpc) is 2.59. The van der Waals surface area contributed by atoms with Gasteiger partial charge in [-0.3, -0.25) is 4.79 Å². The monoisotopic (exact) mass is 289 g/mol. The van der Waals surface area contributed by atoms with Crippen molar-refractivity contribution in [1.29, 1.82) is 0 Å². The molecule has 0 fully saturated rings. The molecule has 0 aliphatic heterocycles. The zero-order valence-electron chi connectivity index (χ0n) is 12.6. The van der Waals surface area contributed by atoms with Gasteiger partial charge in [0.15, 0.2) is 0 Å². The molecule has 0 aliphatic carbocycles. The molecule has 22 heavy (non-hydrogen) atoms. The van der Waals surface area contributed by atoms with Gasteiger partial charge < -0.3 is 5.32 Å². The van der Waals surface area contributed by atoms with Crippen molar-refractivity contribution in [1.82, 2.24) is 5.32 Å². The van der Waals surface area contributed by atoms with Crippen LogP contribution in [0.1, 0.15) is 28.8 Å². The zero-order valence-corrected chi connectivity index (χ0v) is 12.6. The first-order valence-corrected chi connectivity index (χ1v) is 7.56. The molecule has 0 heterocycles. The van der Waals surface area contributed by atoms with E-state index >= 15 is 0 Å². The smallest absolute Gasteiger partial charge is 0.251 e. The van der Waals surface area contributed by atoms with Gasteiger partial charge in [0.1, 0.15) is 0 Å². The lowest BCUT2D eigenvalue weighted by Crippen LogP contribution is -2.27. The number of carbonyl (C=O) groups is 1. The quantitative estimate of drug-likeness (QED) is 0.759. The summed E-state index contributed by atoms with van der Waals surface area (Å²) in [6.07, 6.45) is 0. The van der Waals surface area contributed by atoms with Crippen molar-refractivity contribution >= 4 is 16.7 Å². The van der Waals surface area contributed by atoms with Gasteiger partial charge in [0.25, 0.3) is 5.91 Å². The minimum Gasteiger partial charge on any atom is -0.351 e.